The first-order valence-electron chi connectivity index (χ1n) is 8.59. The second-order valence-electron chi connectivity index (χ2n) is 6.28. The number of halogens is 4. The van der Waals surface area contributed by atoms with Gasteiger partial charge in [-0.25, -0.2) is 0 Å². The summed E-state index contributed by atoms with van der Waals surface area (Å²) in [5.41, 5.74) is 1.90. The molecule has 0 aliphatic heterocycles. The van der Waals surface area contributed by atoms with Gasteiger partial charge in [0.1, 0.15) is 0 Å². The smallest absolute Gasteiger partial charge is 0.277 e. The minimum Gasteiger partial charge on any atom is -0.355 e. The average Bonchev–Trinajstić information content (AvgIpc) is 3.35. The first-order chi connectivity index (χ1) is 14.4. The molecule has 0 aliphatic carbocycles. The monoisotopic (exact) mass is 480 g/mol. The zero-order valence-electron chi connectivity index (χ0n) is 15.1. The first-order valence-corrected chi connectivity index (χ1v) is 10.1. The number of carbonyl (C=O) groups excluding carboxylic acids is 1. The van der Waals surface area contributed by atoms with Crippen LogP contribution in [-0.2, 0) is 6.54 Å². The minimum atomic E-state index is -0.453. The highest BCUT2D eigenvalue weighted by Gasteiger charge is 2.17. The molecule has 2 aromatic heterocycles. The highest BCUT2D eigenvalue weighted by atomic mass is 35.5. The molecule has 6 nitrogen and oxygen atoms in total. The van der Waals surface area contributed by atoms with Crippen molar-refractivity contribution < 1.29 is 9.32 Å². The number of benzene rings is 2. The summed E-state index contributed by atoms with van der Waals surface area (Å²) in [7, 11) is 0. The van der Waals surface area contributed by atoms with Crippen molar-refractivity contribution in [2.75, 3.05) is 5.32 Å². The maximum atomic E-state index is 12.5. The normalized spacial score (nSPS) is 10.9. The molecule has 0 radical (unpaired) electrons. The molecular weight excluding hydrogens is 470 g/mol. The van der Waals surface area contributed by atoms with Gasteiger partial charge < -0.3 is 9.84 Å². The van der Waals surface area contributed by atoms with Crippen LogP contribution < -0.4 is 5.32 Å². The standard InChI is InChI=1S/C20H12Cl4N4O2/c21-11-4-5-13(17(24)6-11)19-7-18(27-30-19)20(29)26-12-8-25-28(9-12)10-14-15(22)2-1-3-16(14)23/h1-9H,10H2,(H,26,29). The Bertz CT molecular complexity index is 1220. The van der Waals surface area contributed by atoms with E-state index in [2.05, 4.69) is 15.6 Å². The molecule has 152 valence electrons. The van der Waals surface area contributed by atoms with Crippen LogP contribution in [0.5, 0.6) is 0 Å². The molecule has 0 atom stereocenters. The predicted molar refractivity (Wildman–Crippen MR) is 118 cm³/mol. The lowest BCUT2D eigenvalue weighted by molar-refractivity contribution is 0.101. The van der Waals surface area contributed by atoms with Crippen LogP contribution in [0.25, 0.3) is 11.3 Å². The number of rotatable bonds is 5. The number of anilines is 1. The number of hydrogen-bond acceptors (Lipinski definition) is 4. The van der Waals surface area contributed by atoms with Crippen molar-refractivity contribution in [3.63, 3.8) is 0 Å². The lowest BCUT2D eigenvalue weighted by atomic mass is 10.1. The third-order valence-corrected chi connectivity index (χ3v) is 5.47. The molecule has 4 aromatic rings. The van der Waals surface area contributed by atoms with E-state index >= 15 is 0 Å². The quantitative estimate of drug-likeness (QED) is 0.355. The molecule has 10 heteroatoms. The number of aromatic nitrogens is 3. The summed E-state index contributed by atoms with van der Waals surface area (Å²) in [4.78, 5) is 12.5. The molecule has 2 aromatic carbocycles. The molecule has 1 N–H and O–H groups in total. The molecule has 0 aliphatic rings. The third-order valence-electron chi connectivity index (χ3n) is 4.21. The van der Waals surface area contributed by atoms with Crippen molar-refractivity contribution in [2.24, 2.45) is 0 Å². The summed E-state index contributed by atoms with van der Waals surface area (Å²) in [6.07, 6.45) is 3.17. The molecule has 0 bridgehead atoms. The Kier molecular flexibility index (Phi) is 6.01. The van der Waals surface area contributed by atoms with Crippen LogP contribution >= 0.6 is 46.4 Å². The molecule has 0 saturated carbocycles. The van der Waals surface area contributed by atoms with Gasteiger partial charge in [0.05, 0.1) is 23.5 Å². The zero-order chi connectivity index (χ0) is 21.3. The number of amides is 1. The molecule has 30 heavy (non-hydrogen) atoms. The zero-order valence-corrected chi connectivity index (χ0v) is 18.1. The van der Waals surface area contributed by atoms with E-state index in [1.807, 2.05) is 0 Å². The Hall–Kier alpha value is -2.51. The Morgan fingerprint density at radius 2 is 1.80 bits per heavy atom. The Balaban J connectivity index is 1.47. The molecule has 0 unspecified atom stereocenters. The van der Waals surface area contributed by atoms with Gasteiger partial charge in [-0.2, -0.15) is 5.10 Å². The largest absolute Gasteiger partial charge is 0.355 e. The Morgan fingerprint density at radius 3 is 2.53 bits per heavy atom. The van der Waals surface area contributed by atoms with Gasteiger partial charge in [0.2, 0.25) is 0 Å². The lowest BCUT2D eigenvalue weighted by Gasteiger charge is -2.06. The number of nitrogens with zero attached hydrogens (tertiary/aromatic N) is 3. The first kappa shape index (κ1) is 20.8. The number of carbonyl (C=O) groups is 1. The molecule has 0 fully saturated rings. The van der Waals surface area contributed by atoms with Crippen LogP contribution in [0.4, 0.5) is 5.69 Å². The van der Waals surface area contributed by atoms with Gasteiger partial charge in [-0.05, 0) is 30.3 Å². The topological polar surface area (TPSA) is 73.0 Å². The van der Waals surface area contributed by atoms with Crippen molar-refractivity contribution in [1.82, 2.24) is 14.9 Å². The lowest BCUT2D eigenvalue weighted by Crippen LogP contribution is -2.11. The third kappa shape index (κ3) is 4.47. The fourth-order valence-electron chi connectivity index (χ4n) is 2.75. The van der Waals surface area contributed by atoms with Crippen molar-refractivity contribution >= 4 is 58.0 Å². The maximum absolute atomic E-state index is 12.5. The van der Waals surface area contributed by atoms with E-state index in [4.69, 9.17) is 50.9 Å². The summed E-state index contributed by atoms with van der Waals surface area (Å²) >= 11 is 24.5. The second kappa shape index (κ2) is 8.70. The molecule has 2 heterocycles. The predicted octanol–water partition coefficient (Wildman–Crippen LogP) is 6.45. The van der Waals surface area contributed by atoms with Crippen LogP contribution in [-0.4, -0.2) is 20.8 Å². The van der Waals surface area contributed by atoms with E-state index in [1.54, 1.807) is 47.3 Å². The Morgan fingerprint density at radius 1 is 1.03 bits per heavy atom. The van der Waals surface area contributed by atoms with Crippen LogP contribution in [0, 0.1) is 0 Å². The van der Waals surface area contributed by atoms with Gasteiger partial charge in [0.15, 0.2) is 11.5 Å². The van der Waals surface area contributed by atoms with Crippen molar-refractivity contribution in [2.45, 2.75) is 6.54 Å². The maximum Gasteiger partial charge on any atom is 0.277 e. The van der Waals surface area contributed by atoms with Gasteiger partial charge in [-0.15, -0.1) is 0 Å². The molecule has 0 saturated heterocycles. The van der Waals surface area contributed by atoms with Gasteiger partial charge >= 0.3 is 0 Å². The van der Waals surface area contributed by atoms with Crippen LogP contribution in [0.3, 0.4) is 0 Å². The van der Waals surface area contributed by atoms with E-state index in [9.17, 15) is 4.79 Å². The second-order valence-corrected chi connectivity index (χ2v) is 7.94. The van der Waals surface area contributed by atoms with Crippen molar-refractivity contribution in [3.05, 3.63) is 86.2 Å². The van der Waals surface area contributed by atoms with Gasteiger partial charge in [-0.1, -0.05) is 57.6 Å². The van der Waals surface area contributed by atoms with Crippen LogP contribution in [0.15, 0.2) is 59.4 Å². The van der Waals surface area contributed by atoms with E-state index in [0.717, 1.165) is 5.56 Å². The van der Waals surface area contributed by atoms with Crippen LogP contribution in [0.1, 0.15) is 16.1 Å². The molecule has 1 amide bonds. The van der Waals surface area contributed by atoms with Crippen LogP contribution in [0.2, 0.25) is 20.1 Å². The van der Waals surface area contributed by atoms with E-state index < -0.39 is 5.91 Å². The van der Waals surface area contributed by atoms with Gasteiger partial charge in [-0.3, -0.25) is 9.48 Å². The molecular formula is C20H12Cl4N4O2. The summed E-state index contributed by atoms with van der Waals surface area (Å²) in [5, 5.41) is 12.7. The fraction of sp³-hybridized carbons (Fsp3) is 0.0500. The molecule has 4 rings (SSSR count). The highest BCUT2D eigenvalue weighted by molar-refractivity contribution is 6.36. The van der Waals surface area contributed by atoms with Gasteiger partial charge in [0.25, 0.3) is 5.91 Å². The number of nitrogens with one attached hydrogen (secondary N) is 1. The molecule has 0 spiro atoms. The van der Waals surface area contributed by atoms with Crippen molar-refractivity contribution in [3.8, 4) is 11.3 Å². The van der Waals surface area contributed by atoms with Gasteiger partial charge in [0, 0.05) is 38.5 Å². The van der Waals surface area contributed by atoms with E-state index in [-0.39, 0.29) is 5.69 Å². The van der Waals surface area contributed by atoms with Crippen molar-refractivity contribution in [1.29, 1.82) is 0 Å². The van der Waals surface area contributed by atoms with E-state index in [0.29, 0.717) is 43.6 Å². The number of hydrogen-bond donors (Lipinski definition) is 1. The highest BCUT2D eigenvalue weighted by Crippen LogP contribution is 2.31. The van der Waals surface area contributed by atoms with E-state index in [1.165, 1.54) is 12.3 Å². The summed E-state index contributed by atoms with van der Waals surface area (Å²) < 4.78 is 6.87. The summed E-state index contributed by atoms with van der Waals surface area (Å²) in [6.45, 7) is 0.359. The summed E-state index contributed by atoms with van der Waals surface area (Å²) in [6, 6.07) is 11.7. The summed E-state index contributed by atoms with van der Waals surface area (Å²) in [5.74, 6) is -0.101. The SMILES string of the molecule is O=C(Nc1cnn(Cc2c(Cl)cccc2Cl)c1)c1cc(-c2ccc(Cl)cc2Cl)on1. The average molecular weight is 482 g/mol. The fourth-order valence-corrected chi connectivity index (χ4v) is 3.77. The Labute approximate surface area is 191 Å². The minimum absolute atomic E-state index is 0.0953.